The van der Waals surface area contributed by atoms with Crippen LogP contribution in [0, 0.1) is 5.92 Å². The van der Waals surface area contributed by atoms with Crippen LogP contribution in [0.3, 0.4) is 0 Å². The van der Waals surface area contributed by atoms with Gasteiger partial charge in [0, 0.05) is 24.6 Å². The van der Waals surface area contributed by atoms with E-state index in [-0.39, 0.29) is 6.42 Å². The number of carbonyl (C=O) groups excluding carboxylic acids is 1. The van der Waals surface area contributed by atoms with E-state index in [4.69, 9.17) is 4.74 Å². The number of aromatic amines is 1. The quantitative estimate of drug-likeness (QED) is 0.312. The van der Waals surface area contributed by atoms with Gasteiger partial charge in [-0.05, 0) is 16.7 Å². The van der Waals surface area contributed by atoms with Crippen LogP contribution in [0.15, 0.2) is 113 Å². The van der Waals surface area contributed by atoms with E-state index < -0.39 is 41.0 Å². The molecule has 0 bridgehead atoms. The molecule has 1 fully saturated rings. The lowest BCUT2D eigenvalue weighted by Gasteiger charge is -2.50. The molecule has 0 amide bonds. The molecule has 7 nitrogen and oxygen atoms in total. The topological polar surface area (TPSA) is 101 Å². The van der Waals surface area contributed by atoms with Crippen molar-refractivity contribution in [3.63, 3.8) is 0 Å². The maximum absolute atomic E-state index is 13.4. The SMILES string of the molecule is O=C[C@H]1C[C@@](n2ccc(=O)[nH]c2=O)(C(c2ccccc2)(c2ccccc2)c2ccccc2)O[C@@H]1CO. The number of aliphatic hydroxyl groups excluding tert-OH is 1. The van der Waals surface area contributed by atoms with Crippen molar-refractivity contribution in [2.24, 2.45) is 5.92 Å². The zero-order chi connectivity index (χ0) is 25.2. The summed E-state index contributed by atoms with van der Waals surface area (Å²) < 4.78 is 8.07. The van der Waals surface area contributed by atoms with Gasteiger partial charge in [-0.1, -0.05) is 91.0 Å². The third-order valence-electron chi connectivity index (χ3n) is 7.11. The summed E-state index contributed by atoms with van der Waals surface area (Å²) in [5, 5.41) is 10.2. The zero-order valence-electron chi connectivity index (χ0n) is 19.5. The molecular formula is C29H26N2O5. The molecular weight excluding hydrogens is 456 g/mol. The lowest BCUT2D eigenvalue weighted by Crippen LogP contribution is -2.58. The molecule has 36 heavy (non-hydrogen) atoms. The van der Waals surface area contributed by atoms with E-state index in [1.165, 1.54) is 16.8 Å². The van der Waals surface area contributed by atoms with Crippen molar-refractivity contribution in [3.8, 4) is 0 Å². The van der Waals surface area contributed by atoms with E-state index in [2.05, 4.69) is 4.98 Å². The normalized spacial score (nSPS) is 21.8. The second-order valence-electron chi connectivity index (χ2n) is 8.96. The average Bonchev–Trinajstić information content (AvgIpc) is 3.31. The molecule has 4 aromatic rings. The Kier molecular flexibility index (Phi) is 6.26. The Morgan fingerprint density at radius 3 is 1.78 bits per heavy atom. The van der Waals surface area contributed by atoms with Crippen LogP contribution in [-0.4, -0.2) is 33.7 Å². The van der Waals surface area contributed by atoms with E-state index in [1.807, 2.05) is 91.0 Å². The molecule has 1 aliphatic heterocycles. The fourth-order valence-electron chi connectivity index (χ4n) is 5.67. The minimum atomic E-state index is -1.52. The number of ether oxygens (including phenoxy) is 1. The Morgan fingerprint density at radius 1 is 0.889 bits per heavy atom. The molecule has 0 saturated carbocycles. The molecule has 7 heteroatoms. The zero-order valence-corrected chi connectivity index (χ0v) is 19.5. The van der Waals surface area contributed by atoms with Crippen molar-refractivity contribution in [3.05, 3.63) is 141 Å². The molecule has 2 N–H and O–H groups in total. The number of carbonyl (C=O) groups is 1. The van der Waals surface area contributed by atoms with Crippen LogP contribution >= 0.6 is 0 Å². The highest BCUT2D eigenvalue weighted by molar-refractivity contribution is 5.59. The summed E-state index contributed by atoms with van der Waals surface area (Å²) in [6, 6.07) is 30.2. The molecule has 3 aromatic carbocycles. The number of nitrogens with zero attached hydrogens (tertiary/aromatic N) is 1. The standard InChI is InChI=1S/C29H26N2O5/c32-19-21-18-28(36-25(21)20-33,31-17-16-26(34)30-27(31)35)29(22-10-4-1-5-11-22,23-12-6-2-7-13-23)24-14-8-3-9-15-24/h1-17,19,21,25,33H,18,20H2,(H,30,34,35)/t21-,25-,28+/m1/s1. The minimum Gasteiger partial charge on any atom is -0.394 e. The minimum absolute atomic E-state index is 0.0896. The molecule has 5 rings (SSSR count). The largest absolute Gasteiger partial charge is 0.394 e. The lowest BCUT2D eigenvalue weighted by atomic mass is 9.61. The van der Waals surface area contributed by atoms with Crippen LogP contribution in [0.2, 0.25) is 0 Å². The van der Waals surface area contributed by atoms with Crippen molar-refractivity contribution in [2.45, 2.75) is 23.7 Å². The summed E-state index contributed by atoms with van der Waals surface area (Å²) in [6.07, 6.45) is 1.42. The lowest BCUT2D eigenvalue weighted by molar-refractivity contribution is -0.146. The molecule has 0 aliphatic carbocycles. The third kappa shape index (κ3) is 3.56. The first-order valence-electron chi connectivity index (χ1n) is 11.8. The highest BCUT2D eigenvalue weighted by atomic mass is 16.5. The summed E-state index contributed by atoms with van der Waals surface area (Å²) in [7, 11) is 0. The van der Waals surface area contributed by atoms with Gasteiger partial charge >= 0.3 is 5.69 Å². The number of aliphatic hydroxyl groups is 1. The Balaban J connectivity index is 2.00. The average molecular weight is 483 g/mol. The first-order valence-corrected chi connectivity index (χ1v) is 11.8. The fraction of sp³-hybridized carbons (Fsp3) is 0.207. The van der Waals surface area contributed by atoms with Gasteiger partial charge in [0.15, 0.2) is 5.72 Å². The van der Waals surface area contributed by atoms with E-state index in [9.17, 15) is 19.5 Å². The third-order valence-corrected chi connectivity index (χ3v) is 7.11. The predicted octanol–water partition coefficient (Wildman–Crippen LogP) is 2.82. The number of rotatable bonds is 7. The van der Waals surface area contributed by atoms with Gasteiger partial charge in [0.05, 0.1) is 18.1 Å². The van der Waals surface area contributed by atoms with Gasteiger partial charge in [-0.15, -0.1) is 0 Å². The van der Waals surface area contributed by atoms with Gasteiger partial charge in [0.25, 0.3) is 5.56 Å². The predicted molar refractivity (Wildman–Crippen MR) is 135 cm³/mol. The first kappa shape index (κ1) is 23.7. The van der Waals surface area contributed by atoms with Gasteiger partial charge in [-0.25, -0.2) is 4.79 Å². The highest BCUT2D eigenvalue weighted by Crippen LogP contribution is 2.57. The van der Waals surface area contributed by atoms with Gasteiger partial charge in [0.2, 0.25) is 0 Å². The van der Waals surface area contributed by atoms with Crippen molar-refractivity contribution in [1.29, 1.82) is 0 Å². The summed E-state index contributed by atoms with van der Waals surface area (Å²) in [6.45, 7) is -0.405. The Morgan fingerprint density at radius 2 is 1.39 bits per heavy atom. The maximum Gasteiger partial charge on any atom is 0.330 e. The number of aldehydes is 1. The van der Waals surface area contributed by atoms with Crippen molar-refractivity contribution < 1.29 is 14.6 Å². The molecule has 182 valence electrons. The van der Waals surface area contributed by atoms with Gasteiger partial charge in [-0.2, -0.15) is 0 Å². The molecule has 0 radical (unpaired) electrons. The van der Waals surface area contributed by atoms with Crippen LogP contribution in [-0.2, 0) is 20.7 Å². The van der Waals surface area contributed by atoms with Crippen LogP contribution in [0.4, 0.5) is 0 Å². The van der Waals surface area contributed by atoms with E-state index in [0.717, 1.165) is 23.0 Å². The number of H-pyrrole nitrogens is 1. The van der Waals surface area contributed by atoms with Gasteiger partial charge < -0.3 is 14.6 Å². The van der Waals surface area contributed by atoms with Crippen molar-refractivity contribution in [1.82, 2.24) is 9.55 Å². The number of nitrogens with one attached hydrogen (secondary N) is 1. The van der Waals surface area contributed by atoms with E-state index in [0.29, 0.717) is 0 Å². The number of aromatic nitrogens is 2. The summed E-state index contributed by atoms with van der Waals surface area (Å²) in [4.78, 5) is 40.1. The van der Waals surface area contributed by atoms with Crippen molar-refractivity contribution >= 4 is 6.29 Å². The van der Waals surface area contributed by atoms with Crippen molar-refractivity contribution in [2.75, 3.05) is 6.61 Å². The highest BCUT2D eigenvalue weighted by Gasteiger charge is 2.63. The van der Waals surface area contributed by atoms with Gasteiger partial charge in [-0.3, -0.25) is 14.3 Å². The maximum atomic E-state index is 13.4. The number of benzene rings is 3. The molecule has 1 saturated heterocycles. The van der Waals surface area contributed by atoms with E-state index in [1.54, 1.807) is 0 Å². The van der Waals surface area contributed by atoms with Gasteiger partial charge in [0.1, 0.15) is 6.29 Å². The molecule has 3 atom stereocenters. The summed E-state index contributed by atoms with van der Waals surface area (Å²) >= 11 is 0. The molecule has 1 aromatic heterocycles. The number of hydrogen-bond donors (Lipinski definition) is 2. The van der Waals surface area contributed by atoms with E-state index >= 15 is 0 Å². The van der Waals surface area contributed by atoms with Crippen LogP contribution in [0.5, 0.6) is 0 Å². The molecule has 1 aliphatic rings. The Labute approximate surface area is 207 Å². The smallest absolute Gasteiger partial charge is 0.330 e. The second-order valence-corrected chi connectivity index (χ2v) is 8.96. The van der Waals surface area contributed by atoms with Crippen LogP contribution in [0.1, 0.15) is 23.1 Å². The second kappa shape index (κ2) is 9.53. The first-order chi connectivity index (χ1) is 17.6. The Bertz CT molecular complexity index is 1350. The summed E-state index contributed by atoms with van der Waals surface area (Å²) in [5.74, 6) is -0.690. The van der Waals surface area contributed by atoms with Crippen LogP contribution < -0.4 is 11.2 Å². The Hall–Kier alpha value is -4.07. The monoisotopic (exact) mass is 482 g/mol. The fourth-order valence-corrected chi connectivity index (χ4v) is 5.67. The molecule has 0 unspecified atom stereocenters. The number of hydrogen-bond acceptors (Lipinski definition) is 5. The summed E-state index contributed by atoms with van der Waals surface area (Å²) in [5.41, 5.74) is -1.41. The molecule has 2 heterocycles. The molecule has 0 spiro atoms. The van der Waals surface area contributed by atoms with Crippen LogP contribution in [0.25, 0.3) is 0 Å².